The largest absolute Gasteiger partial charge is 0.368 e. The second-order valence-electron chi connectivity index (χ2n) is 7.31. The van der Waals surface area contributed by atoms with Crippen molar-refractivity contribution >= 4 is 17.0 Å². The van der Waals surface area contributed by atoms with Crippen LogP contribution in [-0.2, 0) is 0 Å². The third-order valence-corrected chi connectivity index (χ3v) is 4.97. The summed E-state index contributed by atoms with van der Waals surface area (Å²) in [4.78, 5) is 20.9. The lowest BCUT2D eigenvalue weighted by atomic mass is 10.1. The highest BCUT2D eigenvalue weighted by Gasteiger charge is 2.17. The quantitative estimate of drug-likeness (QED) is 0.473. The molecule has 0 saturated carbocycles. The third-order valence-electron chi connectivity index (χ3n) is 4.97. The van der Waals surface area contributed by atoms with Crippen LogP contribution in [0.4, 0.5) is 5.95 Å². The number of rotatable bonds is 4. The Morgan fingerprint density at radius 2 is 1.70 bits per heavy atom. The molecule has 30 heavy (non-hydrogen) atoms. The molecule has 0 amide bonds. The lowest BCUT2D eigenvalue weighted by molar-refractivity contribution is 0.537. The summed E-state index contributed by atoms with van der Waals surface area (Å²) in [6.07, 6.45) is 5.02. The van der Waals surface area contributed by atoms with Crippen molar-refractivity contribution in [3.63, 3.8) is 0 Å². The van der Waals surface area contributed by atoms with Crippen molar-refractivity contribution in [3.05, 3.63) is 61.2 Å². The summed E-state index contributed by atoms with van der Waals surface area (Å²) in [5, 5.41) is 4.38. The number of nitrogen functional groups attached to an aromatic ring is 1. The monoisotopic (exact) mass is 396 g/mol. The number of imidazole rings is 1. The van der Waals surface area contributed by atoms with Crippen LogP contribution >= 0.6 is 0 Å². The van der Waals surface area contributed by atoms with Crippen LogP contribution in [-0.4, -0.2) is 34.7 Å². The maximum absolute atomic E-state index is 5.60. The smallest absolute Gasteiger partial charge is 0.219 e. The zero-order chi connectivity index (χ0) is 20.7. The lowest BCUT2D eigenvalue weighted by Crippen LogP contribution is -2.05. The Bertz CT molecular complexity index is 1330. The van der Waals surface area contributed by atoms with Crippen LogP contribution in [0.1, 0.15) is 19.9 Å². The molecular weight excluding hydrogens is 376 g/mol. The molecule has 5 rings (SSSR count). The van der Waals surface area contributed by atoms with Gasteiger partial charge in [-0.25, -0.2) is 24.6 Å². The van der Waals surface area contributed by atoms with Gasteiger partial charge in [-0.15, -0.1) is 0 Å². The second kappa shape index (κ2) is 7.07. The Hall–Kier alpha value is -4.07. The predicted molar refractivity (Wildman–Crippen MR) is 116 cm³/mol. The van der Waals surface area contributed by atoms with Gasteiger partial charge >= 0.3 is 0 Å². The Morgan fingerprint density at radius 1 is 0.933 bits per heavy atom. The van der Waals surface area contributed by atoms with E-state index in [1.807, 2.05) is 47.1 Å². The molecule has 3 N–H and O–H groups in total. The first kappa shape index (κ1) is 18.0. The highest BCUT2D eigenvalue weighted by molar-refractivity contribution is 5.87. The standard InChI is InChI=1S/C22H20N8/c1-13(2)30-21(26-12-27-30)17-6-4-3-5-16(17)20-28-18-8-7-14(9-19(18)29-20)15-10-24-22(23)25-11-15/h3-13H,1-2H3,(H,28,29)(H2,23,24,25). The number of hydrogen-bond donors (Lipinski definition) is 2. The first-order valence-electron chi connectivity index (χ1n) is 9.67. The molecule has 0 radical (unpaired) electrons. The molecule has 0 bridgehead atoms. The minimum atomic E-state index is 0.205. The summed E-state index contributed by atoms with van der Waals surface area (Å²) >= 11 is 0. The van der Waals surface area contributed by atoms with E-state index in [4.69, 9.17) is 10.7 Å². The van der Waals surface area contributed by atoms with Gasteiger partial charge in [0.05, 0.1) is 11.0 Å². The molecule has 5 aromatic rings. The molecule has 8 nitrogen and oxygen atoms in total. The first-order chi connectivity index (χ1) is 14.6. The van der Waals surface area contributed by atoms with Gasteiger partial charge < -0.3 is 10.7 Å². The zero-order valence-electron chi connectivity index (χ0n) is 16.6. The maximum Gasteiger partial charge on any atom is 0.219 e. The molecule has 8 heteroatoms. The van der Waals surface area contributed by atoms with E-state index >= 15 is 0 Å². The molecule has 3 heterocycles. The van der Waals surface area contributed by atoms with Gasteiger partial charge in [-0.2, -0.15) is 5.10 Å². The van der Waals surface area contributed by atoms with Crippen molar-refractivity contribution in [2.24, 2.45) is 0 Å². The number of nitrogens with two attached hydrogens (primary N) is 1. The number of hydrogen-bond acceptors (Lipinski definition) is 6. The van der Waals surface area contributed by atoms with E-state index in [1.54, 1.807) is 18.7 Å². The highest BCUT2D eigenvalue weighted by Crippen LogP contribution is 2.32. The summed E-state index contributed by atoms with van der Waals surface area (Å²) in [5.41, 5.74) is 11.2. The third kappa shape index (κ3) is 3.08. The van der Waals surface area contributed by atoms with Crippen LogP contribution < -0.4 is 5.73 Å². The Labute approximate surface area is 172 Å². The summed E-state index contributed by atoms with van der Waals surface area (Å²) in [6.45, 7) is 4.18. The second-order valence-corrected chi connectivity index (χ2v) is 7.31. The van der Waals surface area contributed by atoms with Crippen molar-refractivity contribution in [2.45, 2.75) is 19.9 Å². The average molecular weight is 396 g/mol. The summed E-state index contributed by atoms with van der Waals surface area (Å²) in [6, 6.07) is 14.3. The van der Waals surface area contributed by atoms with Crippen LogP contribution in [0, 0.1) is 0 Å². The average Bonchev–Trinajstić information content (AvgIpc) is 3.41. The number of benzene rings is 2. The van der Waals surface area contributed by atoms with Crippen molar-refractivity contribution in [1.82, 2.24) is 34.7 Å². The Balaban J connectivity index is 1.61. The molecule has 148 valence electrons. The number of anilines is 1. The molecule has 0 atom stereocenters. The zero-order valence-corrected chi connectivity index (χ0v) is 16.6. The van der Waals surface area contributed by atoms with Gasteiger partial charge in [-0.05, 0) is 31.5 Å². The fraction of sp³-hybridized carbons (Fsp3) is 0.136. The topological polar surface area (TPSA) is 111 Å². The van der Waals surface area contributed by atoms with Gasteiger partial charge in [-0.1, -0.05) is 30.3 Å². The Kier molecular flexibility index (Phi) is 4.24. The van der Waals surface area contributed by atoms with Crippen molar-refractivity contribution in [1.29, 1.82) is 0 Å². The van der Waals surface area contributed by atoms with Gasteiger partial charge in [0.2, 0.25) is 5.95 Å². The van der Waals surface area contributed by atoms with E-state index in [9.17, 15) is 0 Å². The number of nitrogens with zero attached hydrogens (tertiary/aromatic N) is 6. The molecule has 3 aromatic heterocycles. The summed E-state index contributed by atoms with van der Waals surface area (Å²) < 4.78 is 1.92. The van der Waals surface area contributed by atoms with Crippen LogP contribution in [0.3, 0.4) is 0 Å². The molecule has 2 aromatic carbocycles. The first-order valence-corrected chi connectivity index (χ1v) is 9.67. The molecule has 0 spiro atoms. The van der Waals surface area contributed by atoms with Gasteiger partial charge in [0.15, 0.2) is 5.82 Å². The number of fused-ring (bicyclic) bond motifs is 1. The molecule has 0 unspecified atom stereocenters. The fourth-order valence-corrected chi connectivity index (χ4v) is 3.51. The molecule has 0 aliphatic heterocycles. The van der Waals surface area contributed by atoms with E-state index in [-0.39, 0.29) is 12.0 Å². The normalized spacial score (nSPS) is 11.4. The van der Waals surface area contributed by atoms with Gasteiger partial charge in [-0.3, -0.25) is 0 Å². The van der Waals surface area contributed by atoms with E-state index in [2.05, 4.69) is 38.9 Å². The number of H-pyrrole nitrogens is 1. The van der Waals surface area contributed by atoms with E-state index < -0.39 is 0 Å². The van der Waals surface area contributed by atoms with Crippen molar-refractivity contribution < 1.29 is 0 Å². The molecule has 0 aliphatic rings. The van der Waals surface area contributed by atoms with E-state index in [0.717, 1.165) is 44.9 Å². The van der Waals surface area contributed by atoms with E-state index in [1.165, 1.54) is 0 Å². The maximum atomic E-state index is 5.60. The number of nitrogens with one attached hydrogen (secondary N) is 1. The lowest BCUT2D eigenvalue weighted by Gasteiger charge is -2.11. The highest BCUT2D eigenvalue weighted by atomic mass is 15.3. The van der Waals surface area contributed by atoms with Crippen LogP contribution in [0.2, 0.25) is 0 Å². The van der Waals surface area contributed by atoms with Crippen LogP contribution in [0.5, 0.6) is 0 Å². The number of aromatic nitrogens is 7. The van der Waals surface area contributed by atoms with Gasteiger partial charge in [0.1, 0.15) is 12.2 Å². The molecule has 0 aliphatic carbocycles. The molecule has 0 fully saturated rings. The summed E-state index contributed by atoms with van der Waals surface area (Å²) in [5.74, 6) is 1.86. The van der Waals surface area contributed by atoms with Crippen LogP contribution in [0.25, 0.3) is 44.9 Å². The van der Waals surface area contributed by atoms with Crippen molar-refractivity contribution in [2.75, 3.05) is 5.73 Å². The minimum absolute atomic E-state index is 0.205. The predicted octanol–water partition coefficient (Wildman–Crippen LogP) is 4.11. The number of aromatic amines is 1. The fourth-order valence-electron chi connectivity index (χ4n) is 3.51. The summed E-state index contributed by atoms with van der Waals surface area (Å²) in [7, 11) is 0. The van der Waals surface area contributed by atoms with Crippen molar-refractivity contribution in [3.8, 4) is 33.9 Å². The van der Waals surface area contributed by atoms with Gasteiger partial charge in [0, 0.05) is 35.1 Å². The molecular formula is C22H20N8. The minimum Gasteiger partial charge on any atom is -0.368 e. The van der Waals surface area contributed by atoms with E-state index in [0.29, 0.717) is 0 Å². The van der Waals surface area contributed by atoms with Gasteiger partial charge in [0.25, 0.3) is 0 Å². The molecule has 0 saturated heterocycles. The van der Waals surface area contributed by atoms with Crippen LogP contribution in [0.15, 0.2) is 61.2 Å². The SMILES string of the molecule is CC(C)n1ncnc1-c1ccccc1-c1nc2ccc(-c3cnc(N)nc3)cc2[nH]1. The Morgan fingerprint density at radius 3 is 2.47 bits per heavy atom.